The Balaban J connectivity index is 2.27. The third-order valence-corrected chi connectivity index (χ3v) is 3.64. The number of rotatable bonds is 4. The highest BCUT2D eigenvalue weighted by atomic mass is 32.1. The lowest BCUT2D eigenvalue weighted by atomic mass is 10.2. The van der Waals surface area contributed by atoms with Gasteiger partial charge < -0.3 is 10.6 Å². The largest absolute Gasteiger partial charge is 0.397 e. The van der Waals surface area contributed by atoms with Crippen LogP contribution in [0.3, 0.4) is 0 Å². The summed E-state index contributed by atoms with van der Waals surface area (Å²) in [5.41, 5.74) is 8.02. The van der Waals surface area contributed by atoms with Crippen molar-refractivity contribution >= 4 is 22.7 Å². The minimum Gasteiger partial charge on any atom is -0.397 e. The molecular weight excluding hydrogens is 228 g/mol. The first-order valence-electron chi connectivity index (χ1n) is 5.82. The molecule has 0 spiro atoms. The lowest BCUT2D eigenvalue weighted by Crippen LogP contribution is -2.30. The summed E-state index contributed by atoms with van der Waals surface area (Å²) >= 11 is 1.79. The van der Waals surface area contributed by atoms with Gasteiger partial charge in [-0.3, -0.25) is 0 Å². The molecule has 90 valence electrons. The summed E-state index contributed by atoms with van der Waals surface area (Å²) in [7, 11) is 0. The Morgan fingerprint density at radius 3 is 2.53 bits per heavy atom. The number of hydrogen-bond donors (Lipinski definition) is 1. The summed E-state index contributed by atoms with van der Waals surface area (Å²) in [6.45, 7) is 5.31. The van der Waals surface area contributed by atoms with Gasteiger partial charge in [-0.15, -0.1) is 11.3 Å². The molecule has 0 bridgehead atoms. The van der Waals surface area contributed by atoms with Gasteiger partial charge in [-0.25, -0.2) is 0 Å². The monoisotopic (exact) mass is 246 g/mol. The minimum atomic E-state index is 0.432. The Hall–Kier alpha value is -1.48. The molecule has 2 N–H and O–H groups in total. The van der Waals surface area contributed by atoms with Crippen LogP contribution < -0.4 is 10.6 Å². The molecule has 2 aromatic rings. The highest BCUT2D eigenvalue weighted by molar-refractivity contribution is 7.09. The number of nitrogens with zero attached hydrogens (tertiary/aromatic N) is 1. The number of nitrogens with two attached hydrogens (primary N) is 1. The molecule has 0 saturated heterocycles. The average molecular weight is 246 g/mol. The topological polar surface area (TPSA) is 29.3 Å². The molecule has 0 amide bonds. The predicted molar refractivity (Wildman–Crippen MR) is 76.5 cm³/mol. The van der Waals surface area contributed by atoms with Gasteiger partial charge in [0.25, 0.3) is 0 Å². The van der Waals surface area contributed by atoms with Crippen molar-refractivity contribution in [1.29, 1.82) is 0 Å². The van der Waals surface area contributed by atoms with E-state index in [-0.39, 0.29) is 0 Å². The molecule has 3 heteroatoms. The van der Waals surface area contributed by atoms with Gasteiger partial charge in [-0.1, -0.05) is 18.2 Å². The predicted octanol–water partition coefficient (Wildman–Crippen LogP) is 3.75. The van der Waals surface area contributed by atoms with Crippen LogP contribution >= 0.6 is 11.3 Å². The molecule has 2 rings (SSSR count). The molecule has 1 heterocycles. The second kappa shape index (κ2) is 5.23. The van der Waals surface area contributed by atoms with Gasteiger partial charge in [-0.05, 0) is 37.4 Å². The molecule has 0 fully saturated rings. The molecule has 0 unspecified atom stereocenters. The summed E-state index contributed by atoms with van der Waals surface area (Å²) in [5.74, 6) is 0. The van der Waals surface area contributed by atoms with Crippen molar-refractivity contribution in [3.05, 3.63) is 46.7 Å². The number of hydrogen-bond acceptors (Lipinski definition) is 3. The van der Waals surface area contributed by atoms with E-state index in [0.717, 1.165) is 17.9 Å². The lowest BCUT2D eigenvalue weighted by Gasteiger charge is -2.29. The van der Waals surface area contributed by atoms with Crippen molar-refractivity contribution in [2.75, 3.05) is 10.6 Å². The first-order chi connectivity index (χ1) is 8.18. The van der Waals surface area contributed by atoms with Crippen molar-refractivity contribution in [1.82, 2.24) is 0 Å². The van der Waals surface area contributed by atoms with E-state index in [0.29, 0.717) is 6.04 Å². The van der Waals surface area contributed by atoms with Crippen molar-refractivity contribution in [3.8, 4) is 0 Å². The van der Waals surface area contributed by atoms with Crippen molar-refractivity contribution < 1.29 is 0 Å². The maximum atomic E-state index is 6.05. The molecule has 0 aliphatic rings. The molecule has 0 saturated carbocycles. The summed E-state index contributed by atoms with van der Waals surface area (Å²) in [4.78, 5) is 3.70. The number of benzene rings is 1. The highest BCUT2D eigenvalue weighted by Crippen LogP contribution is 2.27. The Labute approximate surface area is 107 Å². The Kier molecular flexibility index (Phi) is 3.69. The molecule has 17 heavy (non-hydrogen) atoms. The second-order valence-electron chi connectivity index (χ2n) is 4.36. The summed E-state index contributed by atoms with van der Waals surface area (Å²) in [5, 5.41) is 2.11. The zero-order chi connectivity index (χ0) is 12.3. The first kappa shape index (κ1) is 12.0. The summed E-state index contributed by atoms with van der Waals surface area (Å²) in [6.07, 6.45) is 0. The number of nitrogen functional groups attached to an aromatic ring is 1. The van der Waals surface area contributed by atoms with Gasteiger partial charge in [-0.2, -0.15) is 0 Å². The molecule has 0 atom stereocenters. The fraction of sp³-hybridized carbons (Fsp3) is 0.286. The smallest absolute Gasteiger partial charge is 0.0605 e. The zero-order valence-electron chi connectivity index (χ0n) is 10.3. The first-order valence-corrected chi connectivity index (χ1v) is 6.70. The van der Waals surface area contributed by atoms with E-state index in [9.17, 15) is 0 Å². The van der Waals surface area contributed by atoms with Crippen molar-refractivity contribution in [3.63, 3.8) is 0 Å². The molecule has 0 aliphatic carbocycles. The maximum absolute atomic E-state index is 6.05. The quantitative estimate of drug-likeness (QED) is 0.833. The molecular formula is C14H18N2S. The zero-order valence-corrected chi connectivity index (χ0v) is 11.1. The van der Waals surface area contributed by atoms with E-state index < -0.39 is 0 Å². The normalized spacial score (nSPS) is 10.8. The van der Waals surface area contributed by atoms with Gasteiger partial charge in [0.05, 0.1) is 17.9 Å². The van der Waals surface area contributed by atoms with Crippen molar-refractivity contribution in [2.45, 2.75) is 26.4 Å². The molecule has 0 radical (unpaired) electrons. The Morgan fingerprint density at radius 2 is 1.94 bits per heavy atom. The maximum Gasteiger partial charge on any atom is 0.0605 e. The number of para-hydroxylation sites is 2. The fourth-order valence-electron chi connectivity index (χ4n) is 1.87. The van der Waals surface area contributed by atoms with E-state index in [1.807, 2.05) is 18.2 Å². The minimum absolute atomic E-state index is 0.432. The molecule has 1 aromatic heterocycles. The third kappa shape index (κ3) is 2.80. The van der Waals surface area contributed by atoms with E-state index >= 15 is 0 Å². The summed E-state index contributed by atoms with van der Waals surface area (Å²) < 4.78 is 0. The average Bonchev–Trinajstić information content (AvgIpc) is 2.79. The van der Waals surface area contributed by atoms with Gasteiger partial charge in [0.1, 0.15) is 0 Å². The van der Waals surface area contributed by atoms with Crippen LogP contribution in [0, 0.1) is 0 Å². The highest BCUT2D eigenvalue weighted by Gasteiger charge is 2.13. The Bertz CT molecular complexity index is 463. The van der Waals surface area contributed by atoms with Gasteiger partial charge >= 0.3 is 0 Å². The SMILES string of the molecule is CC(C)N(Cc1cccs1)c1ccccc1N. The van der Waals surface area contributed by atoms with Crippen molar-refractivity contribution in [2.24, 2.45) is 0 Å². The molecule has 1 aromatic carbocycles. The van der Waals surface area contributed by atoms with Crippen LogP contribution in [0.1, 0.15) is 18.7 Å². The standard InChI is InChI=1S/C14H18N2S/c1-11(2)16(10-12-6-5-9-17-12)14-8-4-3-7-13(14)15/h3-9,11H,10,15H2,1-2H3. The Morgan fingerprint density at radius 1 is 1.18 bits per heavy atom. The molecule has 2 nitrogen and oxygen atoms in total. The van der Waals surface area contributed by atoms with Crippen LogP contribution in [-0.2, 0) is 6.54 Å². The van der Waals surface area contributed by atoms with Gasteiger partial charge in [0.15, 0.2) is 0 Å². The van der Waals surface area contributed by atoms with Crippen LogP contribution in [0.4, 0.5) is 11.4 Å². The van der Waals surface area contributed by atoms with Crippen LogP contribution in [0.15, 0.2) is 41.8 Å². The van der Waals surface area contributed by atoms with E-state index in [1.165, 1.54) is 4.88 Å². The van der Waals surface area contributed by atoms with Crippen LogP contribution in [0.25, 0.3) is 0 Å². The lowest BCUT2D eigenvalue weighted by molar-refractivity contribution is 0.688. The fourth-order valence-corrected chi connectivity index (χ4v) is 2.57. The summed E-state index contributed by atoms with van der Waals surface area (Å²) in [6, 6.07) is 12.7. The van der Waals surface area contributed by atoms with Crippen LogP contribution in [0.2, 0.25) is 0 Å². The van der Waals surface area contributed by atoms with E-state index in [4.69, 9.17) is 5.73 Å². The van der Waals surface area contributed by atoms with Gasteiger partial charge in [0.2, 0.25) is 0 Å². The molecule has 0 aliphatic heterocycles. The van der Waals surface area contributed by atoms with Gasteiger partial charge in [0, 0.05) is 10.9 Å². The number of anilines is 2. The second-order valence-corrected chi connectivity index (χ2v) is 5.39. The van der Waals surface area contributed by atoms with Crippen LogP contribution in [-0.4, -0.2) is 6.04 Å². The third-order valence-electron chi connectivity index (χ3n) is 2.78. The van der Waals surface area contributed by atoms with E-state index in [2.05, 4.69) is 42.3 Å². The van der Waals surface area contributed by atoms with Crippen LogP contribution in [0.5, 0.6) is 0 Å². The number of thiophene rings is 1. The van der Waals surface area contributed by atoms with E-state index in [1.54, 1.807) is 11.3 Å².